The molecule has 0 amide bonds. The molecule has 0 saturated heterocycles. The average Bonchev–Trinajstić information content (AvgIpc) is 2.90. The smallest absolute Gasteiger partial charge is 0.123 e. The fourth-order valence-electron chi connectivity index (χ4n) is 4.25. The summed E-state index contributed by atoms with van der Waals surface area (Å²) in [6.45, 7) is 2.15. The van der Waals surface area contributed by atoms with Crippen LogP contribution in [0.3, 0.4) is 0 Å². The van der Waals surface area contributed by atoms with Crippen molar-refractivity contribution in [2.45, 2.75) is 70.4 Å². The number of halogens is 1. The van der Waals surface area contributed by atoms with E-state index in [1.165, 1.54) is 57.4 Å². The number of hydrogen-bond donors (Lipinski definition) is 1. The zero-order chi connectivity index (χ0) is 14.0. The van der Waals surface area contributed by atoms with E-state index in [2.05, 4.69) is 12.2 Å². The van der Waals surface area contributed by atoms with Crippen LogP contribution in [0.25, 0.3) is 0 Å². The second kappa shape index (κ2) is 5.85. The van der Waals surface area contributed by atoms with Gasteiger partial charge in [-0.25, -0.2) is 4.39 Å². The first-order chi connectivity index (χ1) is 9.67. The zero-order valence-corrected chi connectivity index (χ0v) is 12.5. The van der Waals surface area contributed by atoms with E-state index in [0.717, 1.165) is 5.56 Å². The fraction of sp³-hybridized carbons (Fsp3) is 0.667. The molecule has 2 aliphatic carbocycles. The van der Waals surface area contributed by atoms with Gasteiger partial charge in [0.2, 0.25) is 0 Å². The van der Waals surface area contributed by atoms with Crippen molar-refractivity contribution in [2.75, 3.05) is 0 Å². The molecule has 20 heavy (non-hydrogen) atoms. The molecule has 2 fully saturated rings. The highest BCUT2D eigenvalue weighted by atomic mass is 19.1. The van der Waals surface area contributed by atoms with E-state index in [1.54, 1.807) is 12.1 Å². The first kappa shape index (κ1) is 14.1. The maximum atomic E-state index is 13.3. The normalized spacial score (nSPS) is 24.1. The summed E-state index contributed by atoms with van der Waals surface area (Å²) in [5.41, 5.74) is 1.76. The Morgan fingerprint density at radius 1 is 1.15 bits per heavy atom. The Hall–Kier alpha value is -0.890. The molecule has 110 valence electrons. The lowest BCUT2D eigenvalue weighted by Crippen LogP contribution is -2.38. The lowest BCUT2D eigenvalue weighted by molar-refractivity contribution is 0.164. The van der Waals surface area contributed by atoms with E-state index < -0.39 is 0 Å². The zero-order valence-electron chi connectivity index (χ0n) is 12.5. The number of rotatable bonds is 3. The van der Waals surface area contributed by atoms with Crippen LogP contribution in [0.2, 0.25) is 0 Å². The Kier molecular flexibility index (Phi) is 4.11. The summed E-state index contributed by atoms with van der Waals surface area (Å²) in [7, 11) is 0. The second-order valence-electron chi connectivity index (χ2n) is 6.92. The van der Waals surface area contributed by atoms with Crippen molar-refractivity contribution in [3.05, 3.63) is 35.6 Å². The third-order valence-electron chi connectivity index (χ3n) is 5.54. The van der Waals surface area contributed by atoms with Crippen LogP contribution >= 0.6 is 0 Å². The van der Waals surface area contributed by atoms with E-state index in [4.69, 9.17) is 0 Å². The van der Waals surface area contributed by atoms with Gasteiger partial charge in [-0.1, -0.05) is 25.0 Å². The van der Waals surface area contributed by atoms with E-state index >= 15 is 0 Å². The first-order valence-electron chi connectivity index (χ1n) is 8.18. The van der Waals surface area contributed by atoms with Crippen molar-refractivity contribution >= 4 is 0 Å². The summed E-state index contributed by atoms with van der Waals surface area (Å²) in [4.78, 5) is 0. The number of benzene rings is 1. The van der Waals surface area contributed by atoms with Gasteiger partial charge in [-0.05, 0) is 68.6 Å². The van der Waals surface area contributed by atoms with Crippen LogP contribution in [0.15, 0.2) is 24.3 Å². The highest BCUT2D eigenvalue weighted by Crippen LogP contribution is 2.49. The second-order valence-corrected chi connectivity index (χ2v) is 6.92. The molecule has 0 unspecified atom stereocenters. The molecule has 2 aliphatic rings. The summed E-state index contributed by atoms with van der Waals surface area (Å²) < 4.78 is 13.3. The fourth-order valence-corrected chi connectivity index (χ4v) is 4.25. The molecule has 3 rings (SSSR count). The van der Waals surface area contributed by atoms with Crippen molar-refractivity contribution in [3.8, 4) is 0 Å². The van der Waals surface area contributed by atoms with Crippen molar-refractivity contribution in [2.24, 2.45) is 5.41 Å². The summed E-state index contributed by atoms with van der Waals surface area (Å²) in [5, 5.41) is 3.70. The van der Waals surface area contributed by atoms with Gasteiger partial charge in [0.25, 0.3) is 0 Å². The van der Waals surface area contributed by atoms with Gasteiger partial charge in [0, 0.05) is 12.1 Å². The van der Waals surface area contributed by atoms with Crippen molar-refractivity contribution in [1.29, 1.82) is 0 Å². The SMILES string of the molecule is C[C@H](NC1CCC2(CCCC2)CC1)c1cccc(F)c1. The van der Waals surface area contributed by atoms with Crippen molar-refractivity contribution in [3.63, 3.8) is 0 Å². The number of hydrogen-bond acceptors (Lipinski definition) is 1. The molecule has 0 radical (unpaired) electrons. The van der Waals surface area contributed by atoms with Gasteiger partial charge in [0.15, 0.2) is 0 Å². The van der Waals surface area contributed by atoms with Gasteiger partial charge in [-0.2, -0.15) is 0 Å². The lowest BCUT2D eigenvalue weighted by atomic mass is 9.71. The van der Waals surface area contributed by atoms with E-state index in [1.807, 2.05) is 6.07 Å². The van der Waals surface area contributed by atoms with Crippen LogP contribution in [0.5, 0.6) is 0 Å². The Morgan fingerprint density at radius 3 is 2.50 bits per heavy atom. The number of nitrogens with one attached hydrogen (secondary N) is 1. The van der Waals surface area contributed by atoms with Crippen LogP contribution in [0.4, 0.5) is 4.39 Å². The van der Waals surface area contributed by atoms with Crippen molar-refractivity contribution < 1.29 is 4.39 Å². The molecule has 1 N–H and O–H groups in total. The standard InChI is InChI=1S/C18H26FN/c1-14(15-5-4-6-16(19)13-15)20-17-7-11-18(12-8-17)9-2-3-10-18/h4-6,13-14,17,20H,2-3,7-12H2,1H3/t14-/m0/s1. The van der Waals surface area contributed by atoms with Gasteiger partial charge in [0.1, 0.15) is 5.82 Å². The quantitative estimate of drug-likeness (QED) is 0.820. The Balaban J connectivity index is 1.54. The van der Waals surface area contributed by atoms with Gasteiger partial charge in [0.05, 0.1) is 0 Å². The molecule has 1 aromatic carbocycles. The first-order valence-corrected chi connectivity index (χ1v) is 8.18. The molecule has 1 nitrogen and oxygen atoms in total. The summed E-state index contributed by atoms with van der Waals surface area (Å²) in [6.07, 6.45) is 11.2. The maximum Gasteiger partial charge on any atom is 0.123 e. The van der Waals surface area contributed by atoms with Gasteiger partial charge in [-0.3, -0.25) is 0 Å². The summed E-state index contributed by atoms with van der Waals surface area (Å²) in [6, 6.07) is 7.84. The maximum absolute atomic E-state index is 13.3. The van der Waals surface area contributed by atoms with Crippen LogP contribution in [0.1, 0.15) is 69.9 Å². The Bertz CT molecular complexity index is 440. The lowest BCUT2D eigenvalue weighted by Gasteiger charge is -2.38. The summed E-state index contributed by atoms with van der Waals surface area (Å²) in [5.74, 6) is -0.135. The monoisotopic (exact) mass is 275 g/mol. The predicted octanol–water partition coefficient (Wildman–Crippen LogP) is 4.98. The van der Waals surface area contributed by atoms with Crippen LogP contribution < -0.4 is 5.32 Å². The minimum Gasteiger partial charge on any atom is -0.307 e. The van der Waals surface area contributed by atoms with E-state index in [9.17, 15) is 4.39 Å². The minimum absolute atomic E-state index is 0.135. The molecule has 1 atom stereocenters. The third kappa shape index (κ3) is 3.06. The topological polar surface area (TPSA) is 12.0 Å². The molecule has 0 aromatic heterocycles. The summed E-state index contributed by atoms with van der Waals surface area (Å²) >= 11 is 0. The molecule has 0 aliphatic heterocycles. The van der Waals surface area contributed by atoms with Crippen LogP contribution in [-0.2, 0) is 0 Å². The molecule has 1 aromatic rings. The Labute approximate surface area is 122 Å². The van der Waals surface area contributed by atoms with Gasteiger partial charge in [-0.15, -0.1) is 0 Å². The molecule has 2 saturated carbocycles. The molecular formula is C18H26FN. The van der Waals surface area contributed by atoms with Gasteiger partial charge < -0.3 is 5.32 Å². The largest absolute Gasteiger partial charge is 0.307 e. The third-order valence-corrected chi connectivity index (χ3v) is 5.54. The molecule has 0 heterocycles. The highest BCUT2D eigenvalue weighted by molar-refractivity contribution is 5.19. The van der Waals surface area contributed by atoms with E-state index in [-0.39, 0.29) is 11.9 Å². The van der Waals surface area contributed by atoms with Crippen LogP contribution in [-0.4, -0.2) is 6.04 Å². The highest BCUT2D eigenvalue weighted by Gasteiger charge is 2.37. The Morgan fingerprint density at radius 2 is 1.85 bits per heavy atom. The molecule has 1 spiro atoms. The minimum atomic E-state index is -0.135. The molecule has 0 bridgehead atoms. The molecule has 2 heteroatoms. The van der Waals surface area contributed by atoms with E-state index in [0.29, 0.717) is 11.5 Å². The van der Waals surface area contributed by atoms with Crippen LogP contribution in [0, 0.1) is 11.2 Å². The average molecular weight is 275 g/mol. The molecular weight excluding hydrogens is 249 g/mol. The predicted molar refractivity (Wildman–Crippen MR) is 81.1 cm³/mol. The van der Waals surface area contributed by atoms with Gasteiger partial charge >= 0.3 is 0 Å². The van der Waals surface area contributed by atoms with Crippen molar-refractivity contribution in [1.82, 2.24) is 5.32 Å².